The Balaban J connectivity index is 1.55. The summed E-state index contributed by atoms with van der Waals surface area (Å²) in [5, 5.41) is 2.56. The summed E-state index contributed by atoms with van der Waals surface area (Å²) in [6.07, 6.45) is 6.53. The molecule has 7 heteroatoms. The average molecular weight is 386 g/mol. The Morgan fingerprint density at radius 2 is 2.27 bits per heavy atom. The maximum absolute atomic E-state index is 12.6. The molecule has 0 aromatic carbocycles. The molecule has 3 heterocycles. The Labute approximate surface area is 158 Å². The van der Waals surface area contributed by atoms with Gasteiger partial charge >= 0.3 is 5.97 Å². The number of allylic oxidation sites excluding steroid dienone is 2. The predicted molar refractivity (Wildman–Crippen MR) is 105 cm³/mol. The fourth-order valence-corrected chi connectivity index (χ4v) is 5.01. The predicted octanol–water partition coefficient (Wildman–Crippen LogP) is 4.42. The lowest BCUT2D eigenvalue weighted by Crippen LogP contribution is -2.20. The van der Waals surface area contributed by atoms with E-state index in [0.29, 0.717) is 16.0 Å². The summed E-state index contributed by atoms with van der Waals surface area (Å²) >= 11 is 3.09. The number of nitrogens with zero attached hydrogens (tertiary/aromatic N) is 1. The first-order valence-corrected chi connectivity index (χ1v) is 10.2. The molecule has 0 saturated heterocycles. The number of H-pyrrole nitrogens is 1. The van der Waals surface area contributed by atoms with E-state index in [-0.39, 0.29) is 24.1 Å². The molecule has 134 valence electrons. The molecule has 1 aliphatic rings. The smallest absolute Gasteiger partial charge is 0.309 e. The largest absolute Gasteiger partial charge is 0.457 e. The van der Waals surface area contributed by atoms with E-state index in [4.69, 9.17) is 4.74 Å². The zero-order valence-electron chi connectivity index (χ0n) is 14.3. The van der Waals surface area contributed by atoms with Gasteiger partial charge in [0.1, 0.15) is 17.3 Å². The van der Waals surface area contributed by atoms with Gasteiger partial charge in [0.05, 0.1) is 11.3 Å². The molecule has 4 rings (SSSR count). The number of rotatable bonds is 4. The van der Waals surface area contributed by atoms with Crippen molar-refractivity contribution in [2.75, 3.05) is 0 Å². The Kier molecular flexibility index (Phi) is 4.74. The summed E-state index contributed by atoms with van der Waals surface area (Å²) in [5.74, 6) is 0.0712. The number of fused-ring (bicyclic) bond motifs is 1. The molecule has 26 heavy (non-hydrogen) atoms. The molecule has 1 atom stereocenters. The van der Waals surface area contributed by atoms with Crippen molar-refractivity contribution in [1.82, 2.24) is 9.97 Å². The fourth-order valence-electron chi connectivity index (χ4n) is 3.09. The highest BCUT2D eigenvalue weighted by Crippen LogP contribution is 2.35. The van der Waals surface area contributed by atoms with E-state index < -0.39 is 0 Å². The number of thiophene rings is 2. The Hall–Kier alpha value is -2.25. The summed E-state index contributed by atoms with van der Waals surface area (Å²) < 4.78 is 5.37. The van der Waals surface area contributed by atoms with E-state index in [1.807, 2.05) is 30.5 Å². The number of nitrogens with one attached hydrogen (secondary N) is 1. The van der Waals surface area contributed by atoms with Crippen molar-refractivity contribution in [1.29, 1.82) is 0 Å². The van der Waals surface area contributed by atoms with Gasteiger partial charge in [-0.25, -0.2) is 4.98 Å². The molecule has 0 spiro atoms. The van der Waals surface area contributed by atoms with Crippen LogP contribution in [0.15, 0.2) is 34.5 Å². The van der Waals surface area contributed by atoms with Crippen molar-refractivity contribution in [2.24, 2.45) is 5.92 Å². The van der Waals surface area contributed by atoms with Gasteiger partial charge in [0.2, 0.25) is 0 Å². The van der Waals surface area contributed by atoms with Gasteiger partial charge in [-0.3, -0.25) is 9.59 Å². The van der Waals surface area contributed by atoms with Gasteiger partial charge in [-0.15, -0.1) is 22.7 Å². The summed E-state index contributed by atoms with van der Waals surface area (Å²) in [5.41, 5.74) is 0.721. The number of ether oxygens (including phenoxy) is 1. The lowest BCUT2D eigenvalue weighted by molar-refractivity contribution is -0.150. The van der Waals surface area contributed by atoms with Crippen LogP contribution in [0, 0.1) is 12.8 Å². The molecule has 0 radical (unpaired) electrons. The summed E-state index contributed by atoms with van der Waals surface area (Å²) in [6, 6.07) is 4.06. The normalized spacial score (nSPS) is 16.9. The third kappa shape index (κ3) is 3.37. The van der Waals surface area contributed by atoms with Crippen molar-refractivity contribution in [3.63, 3.8) is 0 Å². The molecule has 1 aliphatic carbocycles. The van der Waals surface area contributed by atoms with Crippen LogP contribution in [0.4, 0.5) is 0 Å². The maximum Gasteiger partial charge on any atom is 0.309 e. The van der Waals surface area contributed by atoms with E-state index in [0.717, 1.165) is 29.7 Å². The Morgan fingerprint density at radius 1 is 1.38 bits per heavy atom. The molecular weight excluding hydrogens is 368 g/mol. The second kappa shape index (κ2) is 7.17. The highest BCUT2D eigenvalue weighted by Gasteiger charge is 2.21. The highest BCUT2D eigenvalue weighted by atomic mass is 32.1. The van der Waals surface area contributed by atoms with Crippen LogP contribution in [0.2, 0.25) is 0 Å². The van der Waals surface area contributed by atoms with Crippen molar-refractivity contribution >= 4 is 38.9 Å². The maximum atomic E-state index is 12.6. The van der Waals surface area contributed by atoms with Crippen LogP contribution in [0.25, 0.3) is 20.7 Å². The molecular formula is C19H18N2O3S2. The number of hydrogen-bond donors (Lipinski definition) is 1. The van der Waals surface area contributed by atoms with Crippen LogP contribution in [0.3, 0.4) is 0 Å². The topological polar surface area (TPSA) is 72.0 Å². The lowest BCUT2D eigenvalue weighted by Gasteiger charge is -2.16. The summed E-state index contributed by atoms with van der Waals surface area (Å²) in [4.78, 5) is 34.9. The van der Waals surface area contributed by atoms with Gasteiger partial charge in [-0.2, -0.15) is 0 Å². The molecule has 0 aliphatic heterocycles. The molecule has 5 nitrogen and oxygen atoms in total. The Bertz CT molecular complexity index is 1040. The molecule has 1 N–H and O–H groups in total. The van der Waals surface area contributed by atoms with E-state index in [1.54, 1.807) is 11.3 Å². The van der Waals surface area contributed by atoms with Gasteiger partial charge in [-0.1, -0.05) is 12.2 Å². The van der Waals surface area contributed by atoms with Crippen molar-refractivity contribution in [2.45, 2.75) is 32.8 Å². The molecule has 0 unspecified atom stereocenters. The van der Waals surface area contributed by atoms with E-state index in [1.165, 1.54) is 16.2 Å². The molecule has 0 bridgehead atoms. The minimum absolute atomic E-state index is 0.00439. The van der Waals surface area contributed by atoms with Crippen molar-refractivity contribution < 1.29 is 9.53 Å². The fraction of sp³-hybridized carbons (Fsp3) is 0.316. The first kappa shape index (κ1) is 17.2. The van der Waals surface area contributed by atoms with Crippen LogP contribution in [0.1, 0.15) is 30.0 Å². The van der Waals surface area contributed by atoms with Gasteiger partial charge in [0.25, 0.3) is 5.56 Å². The van der Waals surface area contributed by atoms with Crippen LogP contribution in [-0.4, -0.2) is 15.9 Å². The highest BCUT2D eigenvalue weighted by molar-refractivity contribution is 7.19. The first-order chi connectivity index (χ1) is 12.6. The number of carbonyl (C=O) groups excluding carboxylic acids is 1. The van der Waals surface area contributed by atoms with Gasteiger partial charge in [-0.05, 0) is 38.3 Å². The third-order valence-corrected chi connectivity index (χ3v) is 6.36. The number of aromatic amines is 1. The zero-order valence-corrected chi connectivity index (χ0v) is 15.9. The quantitative estimate of drug-likeness (QED) is 0.532. The van der Waals surface area contributed by atoms with Gasteiger partial charge in [0.15, 0.2) is 0 Å². The van der Waals surface area contributed by atoms with E-state index in [2.05, 4.69) is 16.0 Å². The van der Waals surface area contributed by atoms with Crippen LogP contribution < -0.4 is 5.56 Å². The number of aryl methyl sites for hydroxylation is 1. The lowest BCUT2D eigenvalue weighted by atomic mass is 9.95. The summed E-state index contributed by atoms with van der Waals surface area (Å²) in [6.45, 7) is 2.04. The average Bonchev–Trinajstić information content (AvgIpc) is 3.26. The Morgan fingerprint density at radius 3 is 3.00 bits per heavy atom. The van der Waals surface area contributed by atoms with Crippen molar-refractivity contribution in [3.8, 4) is 10.4 Å². The number of esters is 1. The molecule has 0 fully saturated rings. The second-order valence-corrected chi connectivity index (χ2v) is 8.49. The minimum atomic E-state index is -0.224. The van der Waals surface area contributed by atoms with Crippen molar-refractivity contribution in [3.05, 3.63) is 50.7 Å². The number of aromatic nitrogens is 2. The van der Waals surface area contributed by atoms with E-state index >= 15 is 0 Å². The zero-order chi connectivity index (χ0) is 18.1. The SMILES string of the molecule is Cc1ccc(-c2csc3nc(COC(=O)[C@H]4CC=CCC4)[nH]c(=O)c23)s1. The third-order valence-electron chi connectivity index (χ3n) is 4.45. The minimum Gasteiger partial charge on any atom is -0.457 e. The monoisotopic (exact) mass is 386 g/mol. The number of carbonyl (C=O) groups is 1. The molecule has 3 aromatic heterocycles. The number of hydrogen-bond acceptors (Lipinski definition) is 6. The first-order valence-electron chi connectivity index (χ1n) is 8.50. The summed E-state index contributed by atoms with van der Waals surface area (Å²) in [7, 11) is 0. The molecule has 3 aromatic rings. The molecule has 0 saturated carbocycles. The molecule has 0 amide bonds. The van der Waals surface area contributed by atoms with Crippen LogP contribution >= 0.6 is 22.7 Å². The standard InChI is InChI=1S/C19H18N2O3S2/c1-11-7-8-14(26-11)13-10-25-18-16(13)17(22)20-15(21-18)9-24-19(23)12-5-3-2-4-6-12/h2-3,7-8,10,12H,4-6,9H2,1H3,(H,20,21,22)/t12-/m0/s1. The second-order valence-electron chi connectivity index (χ2n) is 6.34. The van der Waals surface area contributed by atoms with Crippen LogP contribution in [0.5, 0.6) is 0 Å². The van der Waals surface area contributed by atoms with Crippen LogP contribution in [-0.2, 0) is 16.1 Å². The van der Waals surface area contributed by atoms with Gasteiger partial charge < -0.3 is 9.72 Å². The van der Waals surface area contributed by atoms with Gasteiger partial charge in [0, 0.05) is 20.7 Å². The van der Waals surface area contributed by atoms with E-state index in [9.17, 15) is 9.59 Å².